The van der Waals surface area contributed by atoms with Crippen LogP contribution in [-0.2, 0) is 11.2 Å². The summed E-state index contributed by atoms with van der Waals surface area (Å²) in [6, 6.07) is 5.39. The van der Waals surface area contributed by atoms with Crippen molar-refractivity contribution in [2.75, 3.05) is 19.8 Å². The van der Waals surface area contributed by atoms with Gasteiger partial charge < -0.3 is 10.1 Å². The summed E-state index contributed by atoms with van der Waals surface area (Å²) in [5.41, 5.74) is 0.664. The number of halogens is 2. The minimum absolute atomic E-state index is 0.191. The van der Waals surface area contributed by atoms with Gasteiger partial charge in [0, 0.05) is 19.3 Å². The molecule has 0 spiro atoms. The molecule has 1 atom stereocenters. The Labute approximate surface area is 120 Å². The van der Waals surface area contributed by atoms with Crippen LogP contribution in [0.15, 0.2) is 18.2 Å². The topological polar surface area (TPSA) is 21.3 Å². The average molecular weight is 288 g/mol. The summed E-state index contributed by atoms with van der Waals surface area (Å²) >= 11 is 5.81. The Kier molecular flexibility index (Phi) is 8.03. The predicted molar refractivity (Wildman–Crippen MR) is 78.3 cm³/mol. The number of hydrogen-bond donors (Lipinski definition) is 1. The highest BCUT2D eigenvalue weighted by Gasteiger charge is 2.13. The maximum absolute atomic E-state index is 13.9. The van der Waals surface area contributed by atoms with Gasteiger partial charge in [0.25, 0.3) is 0 Å². The van der Waals surface area contributed by atoms with E-state index in [9.17, 15) is 4.39 Å². The molecule has 19 heavy (non-hydrogen) atoms. The first-order chi connectivity index (χ1) is 9.19. The Morgan fingerprint density at radius 2 is 2.16 bits per heavy atom. The van der Waals surface area contributed by atoms with Gasteiger partial charge in [-0.25, -0.2) is 4.39 Å². The minimum atomic E-state index is -0.302. The molecule has 1 rings (SSSR count). The van der Waals surface area contributed by atoms with Crippen LogP contribution in [0.3, 0.4) is 0 Å². The van der Waals surface area contributed by atoms with Crippen LogP contribution in [0.4, 0.5) is 4.39 Å². The van der Waals surface area contributed by atoms with E-state index in [1.807, 2.05) is 6.92 Å². The lowest BCUT2D eigenvalue weighted by Gasteiger charge is -2.19. The molecule has 0 aromatic heterocycles. The van der Waals surface area contributed by atoms with Gasteiger partial charge in [0.2, 0.25) is 0 Å². The van der Waals surface area contributed by atoms with Crippen molar-refractivity contribution >= 4 is 11.6 Å². The zero-order valence-corrected chi connectivity index (χ0v) is 12.5. The van der Waals surface area contributed by atoms with E-state index in [1.54, 1.807) is 18.2 Å². The number of ether oxygens (including phenoxy) is 1. The van der Waals surface area contributed by atoms with Crippen LogP contribution in [0.25, 0.3) is 0 Å². The third-order valence-corrected chi connectivity index (χ3v) is 3.29. The SMILES string of the molecule is CCCNC(CCOCC)Cc1cccc(Cl)c1F. The summed E-state index contributed by atoms with van der Waals surface area (Å²) in [5.74, 6) is -0.302. The van der Waals surface area contributed by atoms with Crippen molar-refractivity contribution in [2.45, 2.75) is 39.2 Å². The van der Waals surface area contributed by atoms with Crippen LogP contribution in [0.1, 0.15) is 32.3 Å². The van der Waals surface area contributed by atoms with E-state index in [1.165, 1.54) is 0 Å². The summed E-state index contributed by atoms with van der Waals surface area (Å²) in [6.45, 7) is 6.43. The van der Waals surface area contributed by atoms with Gasteiger partial charge in [-0.1, -0.05) is 30.7 Å². The first-order valence-electron chi connectivity index (χ1n) is 6.93. The third kappa shape index (κ3) is 5.89. The van der Waals surface area contributed by atoms with Gasteiger partial charge in [-0.15, -0.1) is 0 Å². The second-order valence-corrected chi connectivity index (χ2v) is 4.96. The zero-order chi connectivity index (χ0) is 14.1. The molecule has 0 amide bonds. The lowest BCUT2D eigenvalue weighted by molar-refractivity contribution is 0.136. The molecule has 1 aromatic carbocycles. The van der Waals surface area contributed by atoms with E-state index < -0.39 is 0 Å². The molecule has 4 heteroatoms. The molecule has 0 aliphatic rings. The standard InChI is InChI=1S/C15H23ClFNO/c1-3-9-18-13(8-10-19-4-2)11-12-6-5-7-14(16)15(12)17/h5-7,13,18H,3-4,8-11H2,1-2H3. The summed E-state index contributed by atoms with van der Waals surface area (Å²) in [4.78, 5) is 0. The number of nitrogens with one attached hydrogen (secondary N) is 1. The first-order valence-corrected chi connectivity index (χ1v) is 7.30. The normalized spacial score (nSPS) is 12.6. The molecule has 0 radical (unpaired) electrons. The fraction of sp³-hybridized carbons (Fsp3) is 0.600. The lowest BCUT2D eigenvalue weighted by atomic mass is 10.0. The van der Waals surface area contributed by atoms with Crippen LogP contribution in [0.5, 0.6) is 0 Å². The largest absolute Gasteiger partial charge is 0.382 e. The molecule has 1 unspecified atom stereocenters. The second kappa shape index (κ2) is 9.29. The fourth-order valence-corrected chi connectivity index (χ4v) is 2.16. The molecule has 1 N–H and O–H groups in total. The Balaban J connectivity index is 2.61. The Bertz CT molecular complexity index is 373. The van der Waals surface area contributed by atoms with E-state index in [0.717, 1.165) is 19.4 Å². The van der Waals surface area contributed by atoms with E-state index in [4.69, 9.17) is 16.3 Å². The third-order valence-electron chi connectivity index (χ3n) is 3.00. The van der Waals surface area contributed by atoms with E-state index >= 15 is 0 Å². The molecule has 0 fully saturated rings. The molecule has 0 saturated carbocycles. The Morgan fingerprint density at radius 3 is 2.84 bits per heavy atom. The van der Waals surface area contributed by atoms with Crippen molar-refractivity contribution in [3.8, 4) is 0 Å². The van der Waals surface area contributed by atoms with E-state index in [0.29, 0.717) is 25.2 Å². The van der Waals surface area contributed by atoms with Crippen LogP contribution in [0, 0.1) is 5.82 Å². The summed E-state index contributed by atoms with van der Waals surface area (Å²) in [7, 11) is 0. The van der Waals surface area contributed by atoms with Gasteiger partial charge in [-0.05, 0) is 44.4 Å². The number of hydrogen-bond acceptors (Lipinski definition) is 2. The summed E-state index contributed by atoms with van der Waals surface area (Å²) in [5, 5.41) is 3.62. The van der Waals surface area contributed by atoms with Crippen molar-refractivity contribution in [3.63, 3.8) is 0 Å². The van der Waals surface area contributed by atoms with Crippen LogP contribution in [-0.4, -0.2) is 25.8 Å². The van der Waals surface area contributed by atoms with Crippen molar-refractivity contribution in [1.29, 1.82) is 0 Å². The molecule has 0 heterocycles. The van der Waals surface area contributed by atoms with Gasteiger partial charge in [-0.3, -0.25) is 0 Å². The number of rotatable bonds is 9. The maximum atomic E-state index is 13.9. The quantitative estimate of drug-likeness (QED) is 0.697. The van der Waals surface area contributed by atoms with Crippen molar-refractivity contribution in [3.05, 3.63) is 34.6 Å². The Morgan fingerprint density at radius 1 is 1.37 bits per heavy atom. The summed E-state index contributed by atoms with van der Waals surface area (Å²) < 4.78 is 19.3. The highest BCUT2D eigenvalue weighted by Crippen LogP contribution is 2.19. The molecular formula is C15H23ClFNO. The fourth-order valence-electron chi connectivity index (χ4n) is 1.97. The lowest BCUT2D eigenvalue weighted by Crippen LogP contribution is -2.33. The van der Waals surface area contributed by atoms with Gasteiger partial charge >= 0.3 is 0 Å². The molecule has 2 nitrogen and oxygen atoms in total. The van der Waals surface area contributed by atoms with Gasteiger partial charge in [0.15, 0.2) is 0 Å². The van der Waals surface area contributed by atoms with Crippen molar-refractivity contribution in [1.82, 2.24) is 5.32 Å². The first kappa shape index (κ1) is 16.4. The predicted octanol–water partition coefficient (Wildman–Crippen LogP) is 3.82. The number of benzene rings is 1. The van der Waals surface area contributed by atoms with Gasteiger partial charge in [0.1, 0.15) is 5.82 Å². The zero-order valence-electron chi connectivity index (χ0n) is 11.7. The molecule has 0 saturated heterocycles. The molecule has 0 bridgehead atoms. The monoisotopic (exact) mass is 287 g/mol. The van der Waals surface area contributed by atoms with Crippen LogP contribution < -0.4 is 5.32 Å². The van der Waals surface area contributed by atoms with Crippen LogP contribution >= 0.6 is 11.6 Å². The Hall–Kier alpha value is -0.640. The van der Waals surface area contributed by atoms with Gasteiger partial charge in [-0.2, -0.15) is 0 Å². The van der Waals surface area contributed by atoms with Gasteiger partial charge in [0.05, 0.1) is 5.02 Å². The van der Waals surface area contributed by atoms with Crippen molar-refractivity contribution < 1.29 is 9.13 Å². The highest BCUT2D eigenvalue weighted by molar-refractivity contribution is 6.30. The summed E-state index contributed by atoms with van der Waals surface area (Å²) in [6.07, 6.45) is 2.57. The van der Waals surface area contributed by atoms with E-state index in [2.05, 4.69) is 12.2 Å². The smallest absolute Gasteiger partial charge is 0.145 e. The average Bonchev–Trinajstić information content (AvgIpc) is 2.41. The van der Waals surface area contributed by atoms with Crippen LogP contribution in [0.2, 0.25) is 5.02 Å². The van der Waals surface area contributed by atoms with Crippen molar-refractivity contribution in [2.24, 2.45) is 0 Å². The molecule has 0 aliphatic heterocycles. The minimum Gasteiger partial charge on any atom is -0.382 e. The molecule has 108 valence electrons. The van der Waals surface area contributed by atoms with E-state index in [-0.39, 0.29) is 16.9 Å². The molecular weight excluding hydrogens is 265 g/mol. The highest BCUT2D eigenvalue weighted by atomic mass is 35.5. The molecule has 0 aliphatic carbocycles. The maximum Gasteiger partial charge on any atom is 0.145 e. The second-order valence-electron chi connectivity index (χ2n) is 4.55. The molecule has 1 aromatic rings.